The standard InChI is InChI=1S/C16H32N2O2/c1-6-8-13(2)17-14-9-7-11-18(12-10-14)15(19)20-16(3,4)5/h13-14,17H,6-12H2,1-5H3. The highest BCUT2D eigenvalue weighted by Gasteiger charge is 2.25. The predicted octanol–water partition coefficient (Wildman–Crippen LogP) is 3.55. The summed E-state index contributed by atoms with van der Waals surface area (Å²) in [6.45, 7) is 11.8. The van der Waals surface area contributed by atoms with Crippen LogP contribution in [-0.2, 0) is 4.74 Å². The lowest BCUT2D eigenvalue weighted by atomic mass is 10.1. The van der Waals surface area contributed by atoms with Crippen molar-refractivity contribution < 1.29 is 9.53 Å². The normalized spacial score (nSPS) is 22.2. The molecule has 0 aliphatic carbocycles. The van der Waals surface area contributed by atoms with Crippen LogP contribution in [0.2, 0.25) is 0 Å². The molecule has 4 heteroatoms. The van der Waals surface area contributed by atoms with Crippen LogP contribution < -0.4 is 5.32 Å². The molecule has 1 heterocycles. The lowest BCUT2D eigenvalue weighted by Gasteiger charge is -2.26. The van der Waals surface area contributed by atoms with Gasteiger partial charge in [0.15, 0.2) is 0 Å². The molecule has 1 aliphatic rings. The van der Waals surface area contributed by atoms with Gasteiger partial charge in [-0.15, -0.1) is 0 Å². The molecule has 1 aliphatic heterocycles. The monoisotopic (exact) mass is 284 g/mol. The Morgan fingerprint density at radius 3 is 2.65 bits per heavy atom. The zero-order valence-electron chi connectivity index (χ0n) is 13.9. The zero-order chi connectivity index (χ0) is 15.2. The molecule has 0 saturated carbocycles. The van der Waals surface area contributed by atoms with Gasteiger partial charge in [-0.3, -0.25) is 0 Å². The van der Waals surface area contributed by atoms with Crippen LogP contribution in [-0.4, -0.2) is 41.8 Å². The van der Waals surface area contributed by atoms with Gasteiger partial charge in [0, 0.05) is 25.2 Å². The summed E-state index contributed by atoms with van der Waals surface area (Å²) >= 11 is 0. The number of carbonyl (C=O) groups excluding carboxylic acids is 1. The first-order valence-electron chi connectivity index (χ1n) is 8.05. The number of hydrogen-bond donors (Lipinski definition) is 1. The maximum Gasteiger partial charge on any atom is 0.410 e. The van der Waals surface area contributed by atoms with Gasteiger partial charge in [0.1, 0.15) is 5.60 Å². The lowest BCUT2D eigenvalue weighted by molar-refractivity contribution is 0.0256. The van der Waals surface area contributed by atoms with E-state index in [4.69, 9.17) is 4.74 Å². The van der Waals surface area contributed by atoms with Gasteiger partial charge in [-0.05, 0) is 53.4 Å². The Hall–Kier alpha value is -0.770. The van der Waals surface area contributed by atoms with Crippen molar-refractivity contribution in [2.75, 3.05) is 13.1 Å². The zero-order valence-corrected chi connectivity index (χ0v) is 13.9. The van der Waals surface area contributed by atoms with Crippen LogP contribution in [0.1, 0.15) is 66.7 Å². The smallest absolute Gasteiger partial charge is 0.410 e. The molecule has 2 unspecified atom stereocenters. The van der Waals surface area contributed by atoms with Crippen LogP contribution in [0, 0.1) is 0 Å². The second-order valence-electron chi connectivity index (χ2n) is 6.95. The summed E-state index contributed by atoms with van der Waals surface area (Å²) in [7, 11) is 0. The van der Waals surface area contributed by atoms with Gasteiger partial charge in [-0.25, -0.2) is 4.79 Å². The van der Waals surface area contributed by atoms with E-state index in [9.17, 15) is 4.79 Å². The van der Waals surface area contributed by atoms with E-state index in [1.807, 2.05) is 25.7 Å². The molecule has 0 radical (unpaired) electrons. The number of nitrogens with zero attached hydrogens (tertiary/aromatic N) is 1. The van der Waals surface area contributed by atoms with E-state index in [1.54, 1.807) is 0 Å². The van der Waals surface area contributed by atoms with Crippen molar-refractivity contribution in [3.05, 3.63) is 0 Å². The number of ether oxygens (including phenoxy) is 1. The van der Waals surface area contributed by atoms with E-state index < -0.39 is 5.60 Å². The SMILES string of the molecule is CCCC(C)NC1CCCN(C(=O)OC(C)(C)C)CC1. The fourth-order valence-corrected chi connectivity index (χ4v) is 2.69. The molecule has 1 saturated heterocycles. The van der Waals surface area contributed by atoms with Crippen molar-refractivity contribution in [3.8, 4) is 0 Å². The van der Waals surface area contributed by atoms with Crippen molar-refractivity contribution in [3.63, 3.8) is 0 Å². The highest BCUT2D eigenvalue weighted by atomic mass is 16.6. The highest BCUT2D eigenvalue weighted by molar-refractivity contribution is 5.68. The average molecular weight is 284 g/mol. The van der Waals surface area contributed by atoms with E-state index in [1.165, 1.54) is 12.8 Å². The van der Waals surface area contributed by atoms with Gasteiger partial charge in [0.05, 0.1) is 0 Å². The average Bonchev–Trinajstić information content (AvgIpc) is 2.52. The Kier molecular flexibility index (Phi) is 6.80. The summed E-state index contributed by atoms with van der Waals surface area (Å²) in [6, 6.07) is 1.10. The molecule has 0 aromatic carbocycles. The quantitative estimate of drug-likeness (QED) is 0.858. The first-order valence-corrected chi connectivity index (χ1v) is 8.05. The molecule has 118 valence electrons. The Morgan fingerprint density at radius 2 is 2.05 bits per heavy atom. The van der Waals surface area contributed by atoms with Crippen molar-refractivity contribution in [1.82, 2.24) is 10.2 Å². The molecule has 0 aromatic rings. The molecular formula is C16H32N2O2. The molecule has 1 amide bonds. The lowest BCUT2D eigenvalue weighted by Crippen LogP contribution is -2.39. The molecular weight excluding hydrogens is 252 g/mol. The second-order valence-corrected chi connectivity index (χ2v) is 6.95. The molecule has 20 heavy (non-hydrogen) atoms. The fourth-order valence-electron chi connectivity index (χ4n) is 2.69. The third-order valence-corrected chi connectivity index (χ3v) is 3.62. The number of likely N-dealkylation sites (tertiary alicyclic amines) is 1. The van der Waals surface area contributed by atoms with Gasteiger partial charge in [0.2, 0.25) is 0 Å². The molecule has 2 atom stereocenters. The summed E-state index contributed by atoms with van der Waals surface area (Å²) in [4.78, 5) is 13.9. The Morgan fingerprint density at radius 1 is 1.35 bits per heavy atom. The first kappa shape index (κ1) is 17.3. The van der Waals surface area contributed by atoms with E-state index in [0.29, 0.717) is 12.1 Å². The van der Waals surface area contributed by atoms with Crippen molar-refractivity contribution in [2.45, 2.75) is 84.4 Å². The molecule has 1 fully saturated rings. The van der Waals surface area contributed by atoms with E-state index in [-0.39, 0.29) is 6.09 Å². The molecule has 4 nitrogen and oxygen atoms in total. The van der Waals surface area contributed by atoms with E-state index in [0.717, 1.165) is 32.4 Å². The highest BCUT2D eigenvalue weighted by Crippen LogP contribution is 2.16. The Bertz CT molecular complexity index is 299. The maximum absolute atomic E-state index is 12.1. The van der Waals surface area contributed by atoms with Crippen LogP contribution in [0.25, 0.3) is 0 Å². The Balaban J connectivity index is 2.41. The summed E-state index contributed by atoms with van der Waals surface area (Å²) in [5, 5.41) is 3.69. The number of hydrogen-bond acceptors (Lipinski definition) is 3. The van der Waals surface area contributed by atoms with Gasteiger partial charge in [-0.1, -0.05) is 13.3 Å². The largest absolute Gasteiger partial charge is 0.444 e. The van der Waals surface area contributed by atoms with E-state index in [2.05, 4.69) is 19.2 Å². The second kappa shape index (κ2) is 7.87. The fraction of sp³-hybridized carbons (Fsp3) is 0.938. The van der Waals surface area contributed by atoms with Gasteiger partial charge < -0.3 is 15.0 Å². The molecule has 0 aromatic heterocycles. The number of rotatable bonds is 4. The molecule has 1 N–H and O–H groups in total. The van der Waals surface area contributed by atoms with Crippen LogP contribution in [0.4, 0.5) is 4.79 Å². The minimum absolute atomic E-state index is 0.167. The molecule has 0 bridgehead atoms. The van der Waals surface area contributed by atoms with Crippen LogP contribution in [0.15, 0.2) is 0 Å². The van der Waals surface area contributed by atoms with Crippen LogP contribution >= 0.6 is 0 Å². The predicted molar refractivity (Wildman–Crippen MR) is 83.0 cm³/mol. The third kappa shape index (κ3) is 6.60. The number of amides is 1. The number of nitrogens with one attached hydrogen (secondary N) is 1. The number of carbonyl (C=O) groups is 1. The van der Waals surface area contributed by atoms with Crippen molar-refractivity contribution in [1.29, 1.82) is 0 Å². The van der Waals surface area contributed by atoms with Gasteiger partial charge in [0.25, 0.3) is 0 Å². The summed E-state index contributed by atoms with van der Waals surface area (Å²) in [6.07, 6.45) is 5.48. The third-order valence-electron chi connectivity index (χ3n) is 3.62. The van der Waals surface area contributed by atoms with Crippen LogP contribution in [0.5, 0.6) is 0 Å². The molecule has 1 rings (SSSR count). The minimum atomic E-state index is -0.406. The van der Waals surface area contributed by atoms with E-state index >= 15 is 0 Å². The topological polar surface area (TPSA) is 41.6 Å². The summed E-state index contributed by atoms with van der Waals surface area (Å²) in [5.41, 5.74) is -0.406. The van der Waals surface area contributed by atoms with Crippen molar-refractivity contribution >= 4 is 6.09 Å². The van der Waals surface area contributed by atoms with Crippen molar-refractivity contribution in [2.24, 2.45) is 0 Å². The Labute approximate surface area is 124 Å². The minimum Gasteiger partial charge on any atom is -0.444 e. The first-order chi connectivity index (χ1) is 9.31. The summed E-state index contributed by atoms with van der Waals surface area (Å²) in [5.74, 6) is 0. The maximum atomic E-state index is 12.1. The molecule has 0 spiro atoms. The van der Waals surface area contributed by atoms with Crippen LogP contribution in [0.3, 0.4) is 0 Å². The van der Waals surface area contributed by atoms with Gasteiger partial charge in [-0.2, -0.15) is 0 Å². The summed E-state index contributed by atoms with van der Waals surface area (Å²) < 4.78 is 5.45. The van der Waals surface area contributed by atoms with Gasteiger partial charge >= 0.3 is 6.09 Å².